The third-order valence-electron chi connectivity index (χ3n) is 4.70. The van der Waals surface area contributed by atoms with Crippen molar-refractivity contribution < 1.29 is 14.3 Å². The molecule has 0 spiro atoms. The van der Waals surface area contributed by atoms with E-state index in [0.29, 0.717) is 6.61 Å². The Morgan fingerprint density at radius 3 is 2.39 bits per heavy atom. The summed E-state index contributed by atoms with van der Waals surface area (Å²) < 4.78 is 11.3. The molecule has 126 valence electrons. The quantitative estimate of drug-likeness (QED) is 0.851. The number of hydrogen-bond donors (Lipinski definition) is 0. The smallest absolute Gasteiger partial charge is 0.253 e. The van der Waals surface area contributed by atoms with Crippen LogP contribution in [0, 0.1) is 0 Å². The summed E-state index contributed by atoms with van der Waals surface area (Å²) in [7, 11) is 0. The van der Waals surface area contributed by atoms with Crippen molar-refractivity contribution >= 4 is 5.91 Å². The van der Waals surface area contributed by atoms with Gasteiger partial charge < -0.3 is 14.4 Å². The van der Waals surface area contributed by atoms with Crippen molar-refractivity contribution in [2.24, 2.45) is 0 Å². The Morgan fingerprint density at radius 2 is 1.74 bits per heavy atom. The van der Waals surface area contributed by atoms with Crippen LogP contribution in [0.3, 0.4) is 0 Å². The number of likely N-dealkylation sites (tertiary alicyclic amines) is 1. The van der Waals surface area contributed by atoms with Crippen molar-refractivity contribution in [1.82, 2.24) is 4.90 Å². The van der Waals surface area contributed by atoms with E-state index < -0.39 is 0 Å². The third-order valence-corrected chi connectivity index (χ3v) is 4.70. The van der Waals surface area contributed by atoms with E-state index in [-0.39, 0.29) is 12.0 Å². The van der Waals surface area contributed by atoms with Gasteiger partial charge in [-0.15, -0.1) is 0 Å². The molecule has 4 nitrogen and oxygen atoms in total. The molecule has 1 aromatic rings. The molecular weight excluding hydrogens is 290 g/mol. The lowest BCUT2D eigenvalue weighted by atomic mass is 10.1. The van der Waals surface area contributed by atoms with Gasteiger partial charge in [0, 0.05) is 25.3 Å². The first kappa shape index (κ1) is 16.3. The molecule has 2 aliphatic rings. The molecule has 2 fully saturated rings. The molecule has 0 bridgehead atoms. The van der Waals surface area contributed by atoms with Crippen molar-refractivity contribution in [2.75, 3.05) is 26.3 Å². The molecule has 3 rings (SSSR count). The van der Waals surface area contributed by atoms with Crippen LogP contribution in [0.4, 0.5) is 0 Å². The lowest BCUT2D eigenvalue weighted by molar-refractivity contribution is 0.0678. The molecule has 2 aliphatic heterocycles. The number of carbonyl (C=O) groups is 1. The summed E-state index contributed by atoms with van der Waals surface area (Å²) in [5, 5.41) is 0. The van der Waals surface area contributed by atoms with Gasteiger partial charge in [-0.2, -0.15) is 0 Å². The molecule has 0 aliphatic carbocycles. The predicted molar refractivity (Wildman–Crippen MR) is 89.9 cm³/mol. The van der Waals surface area contributed by atoms with E-state index in [1.165, 1.54) is 19.3 Å². The summed E-state index contributed by atoms with van der Waals surface area (Å²) in [5.41, 5.74) is 0.759. The van der Waals surface area contributed by atoms with E-state index in [9.17, 15) is 4.79 Å². The Labute approximate surface area is 138 Å². The number of rotatable bonds is 4. The minimum Gasteiger partial charge on any atom is -0.491 e. The molecule has 1 aromatic carbocycles. The minimum absolute atomic E-state index is 0.151. The van der Waals surface area contributed by atoms with E-state index in [1.807, 2.05) is 29.2 Å². The van der Waals surface area contributed by atoms with Crippen LogP contribution in [0.2, 0.25) is 0 Å². The molecule has 1 atom stereocenters. The van der Waals surface area contributed by atoms with Crippen molar-refractivity contribution in [3.63, 3.8) is 0 Å². The second-order valence-electron chi connectivity index (χ2n) is 6.53. The van der Waals surface area contributed by atoms with Gasteiger partial charge >= 0.3 is 0 Å². The van der Waals surface area contributed by atoms with Crippen LogP contribution in [0.25, 0.3) is 0 Å². The van der Waals surface area contributed by atoms with Crippen LogP contribution < -0.4 is 4.74 Å². The number of hydrogen-bond acceptors (Lipinski definition) is 3. The molecule has 1 unspecified atom stereocenters. The molecule has 0 radical (unpaired) electrons. The standard InChI is InChI=1S/C19H27NO3/c21-19(20-12-4-2-1-3-5-13-20)16-8-10-17(11-9-16)23-15-18-7-6-14-22-18/h8-11,18H,1-7,12-15H2. The zero-order valence-corrected chi connectivity index (χ0v) is 13.8. The summed E-state index contributed by atoms with van der Waals surface area (Å²) in [6.45, 7) is 3.21. The van der Waals surface area contributed by atoms with Gasteiger partial charge in [-0.3, -0.25) is 4.79 Å². The van der Waals surface area contributed by atoms with Crippen molar-refractivity contribution in [3.05, 3.63) is 29.8 Å². The predicted octanol–water partition coefficient (Wildman–Crippen LogP) is 3.65. The zero-order valence-electron chi connectivity index (χ0n) is 13.8. The Morgan fingerprint density at radius 1 is 1.04 bits per heavy atom. The first-order valence-corrected chi connectivity index (χ1v) is 8.97. The topological polar surface area (TPSA) is 38.8 Å². The highest BCUT2D eigenvalue weighted by Gasteiger charge is 2.18. The molecule has 23 heavy (non-hydrogen) atoms. The van der Waals surface area contributed by atoms with Crippen LogP contribution in [0.15, 0.2) is 24.3 Å². The number of nitrogens with zero attached hydrogens (tertiary/aromatic N) is 1. The average Bonchev–Trinajstić information content (AvgIpc) is 3.06. The highest BCUT2D eigenvalue weighted by molar-refractivity contribution is 5.94. The molecule has 0 aromatic heterocycles. The van der Waals surface area contributed by atoms with Gasteiger partial charge in [0.25, 0.3) is 5.91 Å². The molecule has 2 heterocycles. The molecule has 0 saturated carbocycles. The Kier molecular flexibility index (Phi) is 5.92. The summed E-state index contributed by atoms with van der Waals surface area (Å²) in [6, 6.07) is 7.55. The summed E-state index contributed by atoms with van der Waals surface area (Å²) in [6.07, 6.45) is 8.43. The van der Waals surface area contributed by atoms with Crippen LogP contribution in [-0.4, -0.2) is 43.2 Å². The van der Waals surface area contributed by atoms with Gasteiger partial charge in [0.2, 0.25) is 0 Å². The van der Waals surface area contributed by atoms with Crippen molar-refractivity contribution in [2.45, 2.75) is 51.0 Å². The van der Waals surface area contributed by atoms with E-state index in [1.54, 1.807) is 0 Å². The van der Waals surface area contributed by atoms with E-state index in [4.69, 9.17) is 9.47 Å². The molecule has 1 amide bonds. The van der Waals surface area contributed by atoms with Crippen molar-refractivity contribution in [3.8, 4) is 5.75 Å². The number of ether oxygens (including phenoxy) is 2. The molecule has 2 saturated heterocycles. The maximum absolute atomic E-state index is 12.6. The van der Waals surface area contributed by atoms with Gasteiger partial charge in [0.15, 0.2) is 0 Å². The number of benzene rings is 1. The lowest BCUT2D eigenvalue weighted by Crippen LogP contribution is -2.33. The first-order chi connectivity index (χ1) is 11.3. The van der Waals surface area contributed by atoms with E-state index in [0.717, 1.165) is 56.7 Å². The molecule has 4 heteroatoms. The minimum atomic E-state index is 0.151. The summed E-state index contributed by atoms with van der Waals surface area (Å²) in [4.78, 5) is 14.6. The Balaban J connectivity index is 1.53. The van der Waals surface area contributed by atoms with Gasteiger partial charge in [0.1, 0.15) is 12.4 Å². The highest BCUT2D eigenvalue weighted by Crippen LogP contribution is 2.18. The number of carbonyl (C=O) groups excluding carboxylic acids is 1. The van der Waals surface area contributed by atoms with Crippen LogP contribution in [-0.2, 0) is 4.74 Å². The zero-order chi connectivity index (χ0) is 15.9. The fourth-order valence-corrected chi connectivity index (χ4v) is 3.29. The SMILES string of the molecule is O=C(c1ccc(OCC2CCCO2)cc1)N1CCCCCCC1. The third kappa shape index (κ3) is 4.71. The molecular formula is C19H27NO3. The average molecular weight is 317 g/mol. The highest BCUT2D eigenvalue weighted by atomic mass is 16.5. The van der Waals surface area contributed by atoms with Gasteiger partial charge in [-0.25, -0.2) is 0 Å². The maximum atomic E-state index is 12.6. The summed E-state index contributed by atoms with van der Waals surface area (Å²) in [5.74, 6) is 0.960. The largest absolute Gasteiger partial charge is 0.491 e. The second kappa shape index (κ2) is 8.34. The number of amides is 1. The van der Waals surface area contributed by atoms with E-state index >= 15 is 0 Å². The van der Waals surface area contributed by atoms with Crippen molar-refractivity contribution in [1.29, 1.82) is 0 Å². The normalized spacial score (nSPS) is 22.4. The lowest BCUT2D eigenvalue weighted by Gasteiger charge is -2.25. The molecule has 0 N–H and O–H groups in total. The Hall–Kier alpha value is -1.55. The second-order valence-corrected chi connectivity index (χ2v) is 6.53. The monoisotopic (exact) mass is 317 g/mol. The van der Waals surface area contributed by atoms with Gasteiger partial charge in [-0.1, -0.05) is 19.3 Å². The van der Waals surface area contributed by atoms with Gasteiger partial charge in [-0.05, 0) is 49.9 Å². The maximum Gasteiger partial charge on any atom is 0.253 e. The van der Waals surface area contributed by atoms with E-state index in [2.05, 4.69) is 0 Å². The van der Waals surface area contributed by atoms with Crippen LogP contribution >= 0.6 is 0 Å². The fraction of sp³-hybridized carbons (Fsp3) is 0.632. The Bertz CT molecular complexity index is 486. The fourth-order valence-electron chi connectivity index (χ4n) is 3.29. The first-order valence-electron chi connectivity index (χ1n) is 8.97. The van der Waals surface area contributed by atoms with Crippen LogP contribution in [0.5, 0.6) is 5.75 Å². The van der Waals surface area contributed by atoms with Gasteiger partial charge in [0.05, 0.1) is 6.10 Å². The summed E-state index contributed by atoms with van der Waals surface area (Å²) >= 11 is 0. The van der Waals surface area contributed by atoms with Crippen LogP contribution in [0.1, 0.15) is 55.3 Å².